The maximum atomic E-state index is 11.8. The molecule has 0 atom stereocenters. The molecule has 1 aliphatic rings. The lowest BCUT2D eigenvalue weighted by Gasteiger charge is -2.30. The van der Waals surface area contributed by atoms with Crippen LogP contribution in [0, 0.1) is 0 Å². The Labute approximate surface area is 94.2 Å². The first-order chi connectivity index (χ1) is 7.46. The number of carbonyl (C=O) groups is 1. The van der Waals surface area contributed by atoms with Gasteiger partial charge in [-0.05, 0) is 20.8 Å². The Balaban J connectivity index is 2.01. The Morgan fingerprint density at radius 1 is 1.50 bits per heavy atom. The molecule has 1 aromatic heterocycles. The minimum atomic E-state index is -0.454. The third kappa shape index (κ3) is 2.32. The van der Waals surface area contributed by atoms with Gasteiger partial charge in [-0.2, -0.15) is 0 Å². The van der Waals surface area contributed by atoms with Gasteiger partial charge in [0.25, 0.3) is 0 Å². The van der Waals surface area contributed by atoms with Gasteiger partial charge >= 0.3 is 6.09 Å². The number of rotatable bonds is 0. The highest BCUT2D eigenvalue weighted by molar-refractivity contribution is 5.67. The van der Waals surface area contributed by atoms with E-state index in [0.29, 0.717) is 13.2 Å². The lowest BCUT2D eigenvalue weighted by atomic mass is 10.2. The topological polar surface area (TPSA) is 60.2 Å². The monoisotopic (exact) mass is 224 g/mol. The van der Waals surface area contributed by atoms with E-state index in [0.717, 1.165) is 12.2 Å². The van der Waals surface area contributed by atoms with Crippen LogP contribution in [-0.4, -0.2) is 37.9 Å². The van der Waals surface area contributed by atoms with Crippen molar-refractivity contribution in [2.45, 2.75) is 39.5 Å². The number of hydrogen-bond acceptors (Lipinski definition) is 4. The summed E-state index contributed by atoms with van der Waals surface area (Å²) < 4.78 is 7.16. The molecular weight excluding hydrogens is 208 g/mol. The van der Waals surface area contributed by atoms with Crippen LogP contribution >= 0.6 is 0 Å². The number of fused-ring (bicyclic) bond motifs is 1. The smallest absolute Gasteiger partial charge is 0.411 e. The van der Waals surface area contributed by atoms with Gasteiger partial charge < -0.3 is 4.74 Å². The van der Waals surface area contributed by atoms with Gasteiger partial charge in [0.1, 0.15) is 24.4 Å². The molecule has 0 saturated heterocycles. The van der Waals surface area contributed by atoms with Crippen LogP contribution in [0.3, 0.4) is 0 Å². The SMILES string of the molecule is CC(C)(C)OC(=O)N1CCc2nncn2C1. The Kier molecular flexibility index (Phi) is 2.57. The molecule has 88 valence electrons. The summed E-state index contributed by atoms with van der Waals surface area (Å²) in [6, 6.07) is 0. The van der Waals surface area contributed by atoms with Crippen LogP contribution in [0.2, 0.25) is 0 Å². The molecule has 6 heteroatoms. The summed E-state index contributed by atoms with van der Waals surface area (Å²) in [5, 5.41) is 7.77. The molecule has 1 aromatic rings. The molecule has 0 N–H and O–H groups in total. The van der Waals surface area contributed by atoms with Crippen molar-refractivity contribution in [3.8, 4) is 0 Å². The van der Waals surface area contributed by atoms with Gasteiger partial charge in [-0.3, -0.25) is 9.47 Å². The number of nitrogens with zero attached hydrogens (tertiary/aromatic N) is 4. The van der Waals surface area contributed by atoms with Crippen molar-refractivity contribution in [1.82, 2.24) is 19.7 Å². The van der Waals surface area contributed by atoms with Gasteiger partial charge in [0.15, 0.2) is 0 Å². The lowest BCUT2D eigenvalue weighted by Crippen LogP contribution is -2.42. The van der Waals surface area contributed by atoms with Crippen LogP contribution in [-0.2, 0) is 17.8 Å². The summed E-state index contributed by atoms with van der Waals surface area (Å²) >= 11 is 0. The molecule has 0 aromatic carbocycles. The molecule has 0 bridgehead atoms. The molecule has 0 saturated carbocycles. The summed E-state index contributed by atoms with van der Waals surface area (Å²) in [7, 11) is 0. The Morgan fingerprint density at radius 2 is 2.25 bits per heavy atom. The molecular formula is C10H16N4O2. The Bertz CT molecular complexity index is 394. The van der Waals surface area contributed by atoms with Crippen molar-refractivity contribution >= 4 is 6.09 Å². The van der Waals surface area contributed by atoms with Crippen molar-refractivity contribution in [1.29, 1.82) is 0 Å². The first kappa shape index (κ1) is 10.9. The van der Waals surface area contributed by atoms with Crippen LogP contribution in [0.4, 0.5) is 4.79 Å². The van der Waals surface area contributed by atoms with Crippen LogP contribution in [0.15, 0.2) is 6.33 Å². The molecule has 16 heavy (non-hydrogen) atoms. The number of amides is 1. The van der Waals surface area contributed by atoms with E-state index in [1.54, 1.807) is 11.2 Å². The number of hydrogen-bond donors (Lipinski definition) is 0. The Morgan fingerprint density at radius 3 is 2.94 bits per heavy atom. The molecule has 0 spiro atoms. The molecule has 2 heterocycles. The summed E-state index contributed by atoms with van der Waals surface area (Å²) in [6.07, 6.45) is 2.07. The summed E-state index contributed by atoms with van der Waals surface area (Å²) in [5.74, 6) is 0.916. The van der Waals surface area contributed by atoms with E-state index >= 15 is 0 Å². The van der Waals surface area contributed by atoms with Gasteiger partial charge in [-0.15, -0.1) is 10.2 Å². The van der Waals surface area contributed by atoms with Gasteiger partial charge in [0.2, 0.25) is 0 Å². The predicted octanol–water partition coefficient (Wildman–Crippen LogP) is 1.03. The average molecular weight is 224 g/mol. The molecule has 0 aliphatic carbocycles. The third-order valence-electron chi connectivity index (χ3n) is 2.28. The summed E-state index contributed by atoms with van der Waals surface area (Å²) in [4.78, 5) is 13.4. The summed E-state index contributed by atoms with van der Waals surface area (Å²) in [5.41, 5.74) is -0.454. The number of ether oxygens (including phenoxy) is 1. The van der Waals surface area contributed by atoms with E-state index in [1.165, 1.54) is 0 Å². The van der Waals surface area contributed by atoms with E-state index in [-0.39, 0.29) is 6.09 Å². The van der Waals surface area contributed by atoms with Crippen molar-refractivity contribution in [2.24, 2.45) is 0 Å². The zero-order valence-corrected chi connectivity index (χ0v) is 9.80. The second-order valence-electron chi connectivity index (χ2n) is 4.85. The maximum absolute atomic E-state index is 11.8. The number of aromatic nitrogens is 3. The highest BCUT2D eigenvalue weighted by Gasteiger charge is 2.25. The van der Waals surface area contributed by atoms with E-state index in [2.05, 4.69) is 10.2 Å². The van der Waals surface area contributed by atoms with Gasteiger partial charge in [-0.1, -0.05) is 0 Å². The fraction of sp³-hybridized carbons (Fsp3) is 0.700. The third-order valence-corrected chi connectivity index (χ3v) is 2.28. The fourth-order valence-corrected chi connectivity index (χ4v) is 1.56. The second kappa shape index (κ2) is 3.77. The molecule has 6 nitrogen and oxygen atoms in total. The largest absolute Gasteiger partial charge is 0.444 e. The van der Waals surface area contributed by atoms with Crippen LogP contribution < -0.4 is 0 Å². The average Bonchev–Trinajstić information content (AvgIpc) is 2.61. The van der Waals surface area contributed by atoms with Crippen molar-refractivity contribution in [3.63, 3.8) is 0 Å². The van der Waals surface area contributed by atoms with E-state index < -0.39 is 5.60 Å². The predicted molar refractivity (Wildman–Crippen MR) is 56.7 cm³/mol. The van der Waals surface area contributed by atoms with Gasteiger partial charge in [-0.25, -0.2) is 4.79 Å². The van der Waals surface area contributed by atoms with Crippen LogP contribution in [0.5, 0.6) is 0 Å². The Hall–Kier alpha value is -1.59. The van der Waals surface area contributed by atoms with Crippen LogP contribution in [0.1, 0.15) is 26.6 Å². The molecule has 0 radical (unpaired) electrons. The van der Waals surface area contributed by atoms with Crippen molar-refractivity contribution in [2.75, 3.05) is 6.54 Å². The second-order valence-corrected chi connectivity index (χ2v) is 4.85. The fourth-order valence-electron chi connectivity index (χ4n) is 1.56. The maximum Gasteiger partial charge on any atom is 0.411 e. The number of carbonyl (C=O) groups excluding carboxylic acids is 1. The summed E-state index contributed by atoms with van der Waals surface area (Å²) in [6.45, 7) is 6.68. The molecule has 2 rings (SSSR count). The standard InChI is InChI=1S/C10H16N4O2/c1-10(2,3)16-9(15)13-5-4-8-12-11-6-14(8)7-13/h6H,4-5,7H2,1-3H3. The van der Waals surface area contributed by atoms with Crippen molar-refractivity contribution < 1.29 is 9.53 Å². The molecule has 1 aliphatic heterocycles. The highest BCUT2D eigenvalue weighted by atomic mass is 16.6. The minimum Gasteiger partial charge on any atom is -0.444 e. The van der Waals surface area contributed by atoms with Gasteiger partial charge in [0.05, 0.1) is 0 Å². The molecule has 1 amide bonds. The molecule has 0 unspecified atom stereocenters. The van der Waals surface area contributed by atoms with Gasteiger partial charge in [0, 0.05) is 13.0 Å². The van der Waals surface area contributed by atoms with E-state index in [9.17, 15) is 4.79 Å². The zero-order chi connectivity index (χ0) is 11.8. The van der Waals surface area contributed by atoms with E-state index in [1.807, 2.05) is 25.3 Å². The first-order valence-corrected chi connectivity index (χ1v) is 5.30. The van der Waals surface area contributed by atoms with Crippen molar-refractivity contribution in [3.05, 3.63) is 12.2 Å². The highest BCUT2D eigenvalue weighted by Crippen LogP contribution is 2.14. The zero-order valence-electron chi connectivity index (χ0n) is 9.80. The lowest BCUT2D eigenvalue weighted by molar-refractivity contribution is 0.0162. The first-order valence-electron chi connectivity index (χ1n) is 5.30. The normalized spacial score (nSPS) is 15.8. The quantitative estimate of drug-likeness (QED) is 0.660. The molecule has 0 fully saturated rings. The van der Waals surface area contributed by atoms with Crippen LogP contribution in [0.25, 0.3) is 0 Å². The minimum absolute atomic E-state index is 0.285. The van der Waals surface area contributed by atoms with E-state index in [4.69, 9.17) is 4.74 Å².